The van der Waals surface area contributed by atoms with E-state index in [0.29, 0.717) is 31.5 Å². The number of carbonyl (C=O) groups excluding carboxylic acids is 5. The highest BCUT2D eigenvalue weighted by Gasteiger charge is 2.42. The first-order valence-electron chi connectivity index (χ1n) is 16.9. The molecule has 47 heavy (non-hydrogen) atoms. The quantitative estimate of drug-likeness (QED) is 0.117. The second-order valence-electron chi connectivity index (χ2n) is 12.8. The molecule has 9 nitrogen and oxygen atoms in total. The Kier molecular flexibility index (Phi) is 15.0. The van der Waals surface area contributed by atoms with Gasteiger partial charge in [-0.05, 0) is 76.3 Å². The molecule has 0 bridgehead atoms. The molecule has 0 radical (unpaired) electrons. The van der Waals surface area contributed by atoms with E-state index < -0.39 is 18.0 Å². The first-order chi connectivity index (χ1) is 22.3. The fraction of sp³-hybridized carbons (Fsp3) is 0.583. The molecule has 4 atom stereocenters. The van der Waals surface area contributed by atoms with Gasteiger partial charge in [0.1, 0.15) is 12.1 Å². The summed E-state index contributed by atoms with van der Waals surface area (Å²) in [7, 11) is 0. The maximum atomic E-state index is 13.0. The molecule has 2 heterocycles. The van der Waals surface area contributed by atoms with Gasteiger partial charge in [0, 0.05) is 46.0 Å². The van der Waals surface area contributed by atoms with E-state index in [4.69, 9.17) is 0 Å². The van der Waals surface area contributed by atoms with Gasteiger partial charge in [-0.2, -0.15) is 0 Å². The van der Waals surface area contributed by atoms with Crippen LogP contribution < -0.4 is 16.0 Å². The Hall–Kier alpha value is -3.18. The number of aryl methyl sites for hydroxylation is 1. The number of rotatable bonds is 19. The van der Waals surface area contributed by atoms with Gasteiger partial charge < -0.3 is 16.0 Å². The Labute approximate surface area is 288 Å². The van der Waals surface area contributed by atoms with Crippen LogP contribution >= 0.6 is 23.1 Å². The summed E-state index contributed by atoms with van der Waals surface area (Å²) in [5.41, 5.74) is 1.73. The van der Waals surface area contributed by atoms with Crippen LogP contribution in [0.1, 0.15) is 108 Å². The van der Waals surface area contributed by atoms with Gasteiger partial charge in [0.05, 0.1) is 5.25 Å². The van der Waals surface area contributed by atoms with Crippen molar-refractivity contribution >= 4 is 58.3 Å². The Morgan fingerprint density at radius 1 is 1.00 bits per heavy atom. The number of anilines is 1. The van der Waals surface area contributed by atoms with Crippen molar-refractivity contribution in [1.29, 1.82) is 0 Å². The van der Waals surface area contributed by atoms with E-state index in [0.717, 1.165) is 37.7 Å². The summed E-state index contributed by atoms with van der Waals surface area (Å²) in [4.78, 5) is 67.4. The SMILES string of the molecule is CCCCC(C)(CC)SC1CC(=O)N(CCCCCC(=O)N[C@@H](C)C(=O)N[C@@H](C)C(=O)Nc2cccc(Cc3ccc(C)s3)c2)C1=O. The maximum absolute atomic E-state index is 13.0. The minimum absolute atomic E-state index is 0.00520. The molecule has 1 saturated heterocycles. The second-order valence-corrected chi connectivity index (χ2v) is 16.0. The molecule has 1 fully saturated rings. The second kappa shape index (κ2) is 18.4. The third-order valence-corrected chi connectivity index (χ3v) is 11.3. The van der Waals surface area contributed by atoms with Crippen LogP contribution in [-0.2, 0) is 30.4 Å². The van der Waals surface area contributed by atoms with Gasteiger partial charge in [-0.3, -0.25) is 28.9 Å². The van der Waals surface area contributed by atoms with Gasteiger partial charge in [-0.1, -0.05) is 52.2 Å². The zero-order chi connectivity index (χ0) is 34.6. The summed E-state index contributed by atoms with van der Waals surface area (Å²) < 4.78 is -0.00520. The summed E-state index contributed by atoms with van der Waals surface area (Å²) >= 11 is 3.40. The molecule has 11 heteroatoms. The van der Waals surface area contributed by atoms with Crippen molar-refractivity contribution in [2.24, 2.45) is 0 Å². The first kappa shape index (κ1) is 38.3. The molecule has 3 N–H and O–H groups in total. The van der Waals surface area contributed by atoms with Gasteiger partial charge in [0.2, 0.25) is 29.5 Å². The number of nitrogens with one attached hydrogen (secondary N) is 3. The van der Waals surface area contributed by atoms with E-state index >= 15 is 0 Å². The van der Waals surface area contributed by atoms with Crippen molar-refractivity contribution in [2.75, 3.05) is 11.9 Å². The third-order valence-electron chi connectivity index (χ3n) is 8.61. The summed E-state index contributed by atoms with van der Waals surface area (Å²) in [6.45, 7) is 12.1. The van der Waals surface area contributed by atoms with E-state index in [1.165, 1.54) is 14.7 Å². The summed E-state index contributed by atoms with van der Waals surface area (Å²) in [6, 6.07) is 10.2. The lowest BCUT2D eigenvalue weighted by Gasteiger charge is -2.30. The topological polar surface area (TPSA) is 125 Å². The molecule has 3 rings (SSSR count). The number of carbonyl (C=O) groups is 5. The number of hydrogen-bond acceptors (Lipinski definition) is 7. The third kappa shape index (κ3) is 12.1. The average molecular weight is 685 g/mol. The largest absolute Gasteiger partial charge is 0.345 e. The number of amides is 5. The Bertz CT molecular complexity index is 1390. The summed E-state index contributed by atoms with van der Waals surface area (Å²) in [5.74, 6) is -1.26. The number of benzene rings is 1. The standard InChI is InChI=1S/C36H52N4O5S2/c1-7-9-19-36(6,8-2)47-30-23-32(42)40(35(30)45)20-12-10-11-16-31(41)37-25(4)33(43)38-26(5)34(44)39-28-15-13-14-27(21-28)22-29-18-17-24(3)46-29/h13-15,17-18,21,25-26,30H,7-12,16,19-20,22-23H2,1-6H3,(H,37,41)(H,38,43)(H,39,44)/t25-,26-,30?,36?/m0/s1. The number of thiophene rings is 1. The van der Waals surface area contributed by atoms with Crippen LogP contribution in [0.15, 0.2) is 36.4 Å². The molecule has 1 aromatic carbocycles. The van der Waals surface area contributed by atoms with E-state index in [2.05, 4.69) is 55.8 Å². The highest BCUT2D eigenvalue weighted by molar-refractivity contribution is 8.02. The summed E-state index contributed by atoms with van der Waals surface area (Å²) in [5, 5.41) is 7.92. The molecule has 0 aliphatic carbocycles. The average Bonchev–Trinajstić information content (AvgIpc) is 3.55. The summed E-state index contributed by atoms with van der Waals surface area (Å²) in [6.07, 6.45) is 7.34. The minimum atomic E-state index is -0.810. The normalized spacial score (nSPS) is 17.2. The van der Waals surface area contributed by atoms with Crippen molar-refractivity contribution in [1.82, 2.24) is 15.5 Å². The molecule has 0 saturated carbocycles. The van der Waals surface area contributed by atoms with Gasteiger partial charge in [0.15, 0.2) is 0 Å². The van der Waals surface area contributed by atoms with Crippen LogP contribution in [0.3, 0.4) is 0 Å². The first-order valence-corrected chi connectivity index (χ1v) is 18.6. The van der Waals surface area contributed by atoms with Gasteiger partial charge >= 0.3 is 0 Å². The lowest BCUT2D eigenvalue weighted by molar-refractivity contribution is -0.138. The predicted octanol–water partition coefficient (Wildman–Crippen LogP) is 6.38. The molecule has 5 amide bonds. The lowest BCUT2D eigenvalue weighted by atomic mass is 10.0. The highest BCUT2D eigenvalue weighted by Crippen LogP contribution is 2.40. The smallest absolute Gasteiger partial charge is 0.246 e. The van der Waals surface area contributed by atoms with Gasteiger partial charge in [0.25, 0.3) is 0 Å². The molecular weight excluding hydrogens is 633 g/mol. The van der Waals surface area contributed by atoms with E-state index in [9.17, 15) is 24.0 Å². The molecule has 2 aromatic rings. The van der Waals surface area contributed by atoms with E-state index in [1.807, 2.05) is 24.3 Å². The lowest BCUT2D eigenvalue weighted by Crippen LogP contribution is -2.50. The number of hydrogen-bond donors (Lipinski definition) is 3. The number of nitrogens with zero attached hydrogens (tertiary/aromatic N) is 1. The van der Waals surface area contributed by atoms with Crippen LogP contribution in [0.5, 0.6) is 0 Å². The monoisotopic (exact) mass is 684 g/mol. The van der Waals surface area contributed by atoms with Crippen LogP contribution in [0.2, 0.25) is 0 Å². The number of likely N-dealkylation sites (tertiary alicyclic amines) is 1. The molecule has 0 spiro atoms. The van der Waals surface area contributed by atoms with Crippen LogP contribution in [0.4, 0.5) is 5.69 Å². The van der Waals surface area contributed by atoms with Crippen LogP contribution in [-0.4, -0.2) is 63.1 Å². The zero-order valence-electron chi connectivity index (χ0n) is 28.8. The number of unbranched alkanes of at least 4 members (excludes halogenated alkanes) is 3. The van der Waals surface area contributed by atoms with Crippen molar-refractivity contribution in [2.45, 2.75) is 128 Å². The fourth-order valence-corrected chi connectivity index (χ4v) is 7.99. The van der Waals surface area contributed by atoms with Crippen molar-refractivity contribution in [3.8, 4) is 0 Å². The van der Waals surface area contributed by atoms with Crippen molar-refractivity contribution in [3.63, 3.8) is 0 Å². The van der Waals surface area contributed by atoms with E-state index in [1.54, 1.807) is 36.9 Å². The predicted molar refractivity (Wildman–Crippen MR) is 192 cm³/mol. The minimum Gasteiger partial charge on any atom is -0.345 e. The Morgan fingerprint density at radius 3 is 2.43 bits per heavy atom. The molecule has 1 aliphatic rings. The number of imide groups is 1. The molecular formula is C36H52N4O5S2. The van der Waals surface area contributed by atoms with E-state index in [-0.39, 0.29) is 46.5 Å². The van der Waals surface area contributed by atoms with Gasteiger partial charge in [-0.25, -0.2) is 0 Å². The molecule has 1 aromatic heterocycles. The van der Waals surface area contributed by atoms with Crippen LogP contribution in [0, 0.1) is 6.92 Å². The zero-order valence-corrected chi connectivity index (χ0v) is 30.4. The van der Waals surface area contributed by atoms with Gasteiger partial charge in [-0.15, -0.1) is 23.1 Å². The number of thioether (sulfide) groups is 1. The fourth-order valence-electron chi connectivity index (χ4n) is 5.50. The van der Waals surface area contributed by atoms with Crippen molar-refractivity contribution < 1.29 is 24.0 Å². The van der Waals surface area contributed by atoms with Crippen molar-refractivity contribution in [3.05, 3.63) is 51.7 Å². The Balaban J connectivity index is 1.34. The highest BCUT2D eigenvalue weighted by atomic mass is 32.2. The maximum Gasteiger partial charge on any atom is 0.246 e. The van der Waals surface area contributed by atoms with Crippen LogP contribution in [0.25, 0.3) is 0 Å². The molecule has 2 unspecified atom stereocenters. The molecule has 258 valence electrons. The Morgan fingerprint density at radius 2 is 1.74 bits per heavy atom. The molecule has 1 aliphatic heterocycles.